The van der Waals surface area contributed by atoms with Crippen molar-refractivity contribution in [3.05, 3.63) is 12.3 Å². The third-order valence-corrected chi connectivity index (χ3v) is 2.73. The van der Waals surface area contributed by atoms with Crippen LogP contribution in [0.3, 0.4) is 0 Å². The summed E-state index contributed by atoms with van der Waals surface area (Å²) in [7, 11) is 0. The smallest absolute Gasteiger partial charge is 0.322 e. The average Bonchev–Trinajstić information content (AvgIpc) is 2.92. The van der Waals surface area contributed by atoms with Gasteiger partial charge in [0.2, 0.25) is 5.95 Å². The molecule has 0 amide bonds. The molecule has 0 aliphatic rings. The summed E-state index contributed by atoms with van der Waals surface area (Å²) >= 11 is 0. The topological polar surface area (TPSA) is 77.8 Å². The van der Waals surface area contributed by atoms with Gasteiger partial charge in [0.1, 0.15) is 5.69 Å². The van der Waals surface area contributed by atoms with E-state index in [0.717, 1.165) is 25.2 Å². The Labute approximate surface area is 124 Å². The zero-order valence-corrected chi connectivity index (χ0v) is 13.0. The molecule has 0 spiro atoms. The van der Waals surface area contributed by atoms with Crippen LogP contribution in [0.1, 0.15) is 34.1 Å². The molecule has 7 heteroatoms. The first kappa shape index (κ1) is 15.2. The van der Waals surface area contributed by atoms with Crippen molar-refractivity contribution in [3.8, 4) is 17.5 Å². The summed E-state index contributed by atoms with van der Waals surface area (Å²) < 4.78 is 7.46. The largest absolute Gasteiger partial charge is 0.461 e. The molecule has 2 rings (SSSR count). The molecule has 0 radical (unpaired) electrons. The standard InChI is InChI=1S/C14H22N6O/c1-5-8-15-13-17-12(11-7-9-16-20(11)6-2)18-14(19-13)21-10(3)4/h7,9-10H,5-6,8H2,1-4H3,(H,15,17,18,19). The van der Waals surface area contributed by atoms with Gasteiger partial charge in [0, 0.05) is 19.3 Å². The monoisotopic (exact) mass is 290 g/mol. The molecule has 2 heterocycles. The predicted molar refractivity (Wildman–Crippen MR) is 81.3 cm³/mol. The molecule has 114 valence electrons. The number of hydrogen-bond acceptors (Lipinski definition) is 6. The van der Waals surface area contributed by atoms with Gasteiger partial charge in [0.05, 0.1) is 6.10 Å². The molecule has 0 aromatic carbocycles. The minimum absolute atomic E-state index is 0.00959. The number of aromatic nitrogens is 5. The number of hydrogen-bond donors (Lipinski definition) is 1. The van der Waals surface area contributed by atoms with Gasteiger partial charge in [-0.2, -0.15) is 20.1 Å². The van der Waals surface area contributed by atoms with E-state index in [9.17, 15) is 0 Å². The van der Waals surface area contributed by atoms with Crippen molar-refractivity contribution >= 4 is 5.95 Å². The highest BCUT2D eigenvalue weighted by atomic mass is 16.5. The molecular formula is C14H22N6O. The van der Waals surface area contributed by atoms with Gasteiger partial charge in [-0.3, -0.25) is 4.68 Å². The fourth-order valence-electron chi connectivity index (χ4n) is 1.83. The van der Waals surface area contributed by atoms with Crippen molar-refractivity contribution in [1.29, 1.82) is 0 Å². The van der Waals surface area contributed by atoms with Gasteiger partial charge in [0.15, 0.2) is 5.82 Å². The molecule has 0 aliphatic carbocycles. The van der Waals surface area contributed by atoms with Gasteiger partial charge < -0.3 is 10.1 Å². The van der Waals surface area contributed by atoms with Crippen LogP contribution in [-0.4, -0.2) is 37.4 Å². The number of anilines is 1. The number of nitrogens with one attached hydrogen (secondary N) is 1. The van der Waals surface area contributed by atoms with Gasteiger partial charge in [-0.05, 0) is 33.3 Å². The fourth-order valence-corrected chi connectivity index (χ4v) is 1.83. The van der Waals surface area contributed by atoms with E-state index in [0.29, 0.717) is 17.8 Å². The Morgan fingerprint density at radius 3 is 2.71 bits per heavy atom. The Kier molecular flexibility index (Phi) is 5.08. The van der Waals surface area contributed by atoms with Gasteiger partial charge in [-0.25, -0.2) is 0 Å². The van der Waals surface area contributed by atoms with E-state index in [1.807, 2.05) is 31.5 Å². The van der Waals surface area contributed by atoms with Crippen LogP contribution in [0.25, 0.3) is 11.5 Å². The Hall–Kier alpha value is -2.18. The first-order valence-corrected chi connectivity index (χ1v) is 7.32. The molecule has 7 nitrogen and oxygen atoms in total. The summed E-state index contributed by atoms with van der Waals surface area (Å²) in [5, 5.41) is 7.42. The molecule has 2 aromatic rings. The van der Waals surface area contributed by atoms with E-state index >= 15 is 0 Å². The van der Waals surface area contributed by atoms with Crippen molar-refractivity contribution in [2.75, 3.05) is 11.9 Å². The van der Waals surface area contributed by atoms with Crippen molar-refractivity contribution in [2.45, 2.75) is 46.8 Å². The van der Waals surface area contributed by atoms with E-state index < -0.39 is 0 Å². The van der Waals surface area contributed by atoms with E-state index in [4.69, 9.17) is 4.74 Å². The van der Waals surface area contributed by atoms with Crippen LogP contribution < -0.4 is 10.1 Å². The predicted octanol–water partition coefficient (Wildman–Crippen LogP) is 2.36. The maximum absolute atomic E-state index is 5.62. The minimum Gasteiger partial charge on any atom is -0.461 e. The van der Waals surface area contributed by atoms with Crippen LogP contribution in [0.5, 0.6) is 6.01 Å². The SMILES string of the molecule is CCCNc1nc(OC(C)C)nc(-c2ccnn2CC)n1. The first-order valence-electron chi connectivity index (χ1n) is 7.32. The van der Waals surface area contributed by atoms with Gasteiger partial charge >= 0.3 is 6.01 Å². The lowest BCUT2D eigenvalue weighted by Crippen LogP contribution is -2.13. The number of rotatable bonds is 7. The van der Waals surface area contributed by atoms with Gasteiger partial charge in [-0.1, -0.05) is 6.92 Å². The summed E-state index contributed by atoms with van der Waals surface area (Å²) in [4.78, 5) is 13.1. The molecular weight excluding hydrogens is 268 g/mol. The fraction of sp³-hybridized carbons (Fsp3) is 0.571. The molecule has 0 atom stereocenters. The van der Waals surface area contributed by atoms with Crippen LogP contribution in [0.15, 0.2) is 12.3 Å². The Balaban J connectivity index is 2.38. The second kappa shape index (κ2) is 7.01. The molecule has 0 saturated heterocycles. The summed E-state index contributed by atoms with van der Waals surface area (Å²) in [6, 6.07) is 2.22. The first-order chi connectivity index (χ1) is 10.1. The molecule has 0 fully saturated rings. The van der Waals surface area contributed by atoms with Crippen molar-refractivity contribution in [3.63, 3.8) is 0 Å². The Morgan fingerprint density at radius 1 is 1.24 bits per heavy atom. The molecule has 0 unspecified atom stereocenters. The van der Waals surface area contributed by atoms with Crippen molar-refractivity contribution in [1.82, 2.24) is 24.7 Å². The number of nitrogens with zero attached hydrogens (tertiary/aromatic N) is 5. The van der Waals surface area contributed by atoms with Crippen LogP contribution >= 0.6 is 0 Å². The lowest BCUT2D eigenvalue weighted by molar-refractivity contribution is 0.222. The van der Waals surface area contributed by atoms with Crippen molar-refractivity contribution < 1.29 is 4.74 Å². The third kappa shape index (κ3) is 3.90. The van der Waals surface area contributed by atoms with Gasteiger partial charge in [0.25, 0.3) is 0 Å². The normalized spacial score (nSPS) is 10.9. The van der Waals surface area contributed by atoms with E-state index in [-0.39, 0.29) is 6.10 Å². The second-order valence-corrected chi connectivity index (χ2v) is 4.89. The van der Waals surface area contributed by atoms with Crippen LogP contribution in [0.2, 0.25) is 0 Å². The Morgan fingerprint density at radius 2 is 2.05 bits per heavy atom. The minimum atomic E-state index is 0.00959. The summed E-state index contributed by atoms with van der Waals surface area (Å²) in [6.45, 7) is 9.56. The van der Waals surface area contributed by atoms with Crippen LogP contribution in [0, 0.1) is 0 Å². The summed E-state index contributed by atoms with van der Waals surface area (Å²) in [5.74, 6) is 1.10. The van der Waals surface area contributed by atoms with E-state index in [2.05, 4.69) is 32.3 Å². The third-order valence-electron chi connectivity index (χ3n) is 2.73. The lowest BCUT2D eigenvalue weighted by atomic mass is 10.4. The van der Waals surface area contributed by atoms with Crippen molar-refractivity contribution in [2.24, 2.45) is 0 Å². The van der Waals surface area contributed by atoms with Crippen LogP contribution in [-0.2, 0) is 6.54 Å². The molecule has 2 aromatic heterocycles. The quantitative estimate of drug-likeness (QED) is 0.843. The highest BCUT2D eigenvalue weighted by Gasteiger charge is 2.13. The lowest BCUT2D eigenvalue weighted by Gasteiger charge is -2.11. The maximum Gasteiger partial charge on any atom is 0.322 e. The number of aryl methyl sites for hydroxylation is 1. The molecule has 0 bridgehead atoms. The Bertz CT molecular complexity index is 581. The average molecular weight is 290 g/mol. The summed E-state index contributed by atoms with van der Waals surface area (Å²) in [5.41, 5.74) is 0.855. The zero-order chi connectivity index (χ0) is 15.2. The van der Waals surface area contributed by atoms with Gasteiger partial charge in [-0.15, -0.1) is 0 Å². The molecule has 0 aliphatic heterocycles. The second-order valence-electron chi connectivity index (χ2n) is 4.89. The molecule has 21 heavy (non-hydrogen) atoms. The molecule has 0 saturated carbocycles. The number of ether oxygens (including phenoxy) is 1. The van der Waals surface area contributed by atoms with Crippen LogP contribution in [0.4, 0.5) is 5.95 Å². The summed E-state index contributed by atoms with van der Waals surface area (Å²) in [6.07, 6.45) is 2.74. The highest BCUT2D eigenvalue weighted by Crippen LogP contribution is 2.19. The highest BCUT2D eigenvalue weighted by molar-refractivity contribution is 5.51. The van der Waals surface area contributed by atoms with E-state index in [1.165, 1.54) is 0 Å². The zero-order valence-electron chi connectivity index (χ0n) is 13.0. The maximum atomic E-state index is 5.62. The molecule has 1 N–H and O–H groups in total. The van der Waals surface area contributed by atoms with E-state index in [1.54, 1.807) is 6.20 Å².